The zero-order chi connectivity index (χ0) is 14.4. The van der Waals surface area contributed by atoms with Crippen LogP contribution in [0, 0.1) is 0 Å². The lowest BCUT2D eigenvalue weighted by Crippen LogP contribution is -2.50. The summed E-state index contributed by atoms with van der Waals surface area (Å²) in [6.07, 6.45) is 7.22. The zero-order valence-electron chi connectivity index (χ0n) is 12.4. The van der Waals surface area contributed by atoms with Gasteiger partial charge in [-0.15, -0.1) is 0 Å². The summed E-state index contributed by atoms with van der Waals surface area (Å²) < 4.78 is 17.3. The zero-order valence-corrected chi connectivity index (χ0v) is 12.4. The standard InChI is InChI=1S/C15H27NO4/c1-2-18-14(17)11-13-10-12(6-9-16)19-15(20-13)7-4-3-5-8-15/h12-13H,2-11,16H2,1H3. The molecular weight excluding hydrogens is 258 g/mol. The van der Waals surface area contributed by atoms with E-state index in [9.17, 15) is 4.79 Å². The van der Waals surface area contributed by atoms with Gasteiger partial charge >= 0.3 is 5.97 Å². The van der Waals surface area contributed by atoms with Crippen molar-refractivity contribution in [2.75, 3.05) is 13.2 Å². The first-order chi connectivity index (χ1) is 9.67. The summed E-state index contributed by atoms with van der Waals surface area (Å²) in [5.74, 6) is -0.662. The quantitative estimate of drug-likeness (QED) is 0.783. The molecule has 2 aliphatic rings. The third-order valence-corrected chi connectivity index (χ3v) is 4.09. The third-order valence-electron chi connectivity index (χ3n) is 4.09. The summed E-state index contributed by atoms with van der Waals surface area (Å²) >= 11 is 0. The van der Waals surface area contributed by atoms with Crippen LogP contribution < -0.4 is 5.73 Å². The molecular formula is C15H27NO4. The van der Waals surface area contributed by atoms with Gasteiger partial charge in [-0.1, -0.05) is 6.42 Å². The van der Waals surface area contributed by atoms with Crippen LogP contribution in [0.1, 0.15) is 58.3 Å². The molecule has 2 N–H and O–H groups in total. The van der Waals surface area contributed by atoms with Gasteiger partial charge in [0.25, 0.3) is 0 Å². The monoisotopic (exact) mass is 285 g/mol. The number of carbonyl (C=O) groups excluding carboxylic acids is 1. The molecule has 2 atom stereocenters. The highest BCUT2D eigenvalue weighted by Gasteiger charge is 2.43. The fourth-order valence-electron chi connectivity index (χ4n) is 3.24. The molecule has 5 heteroatoms. The fraction of sp³-hybridized carbons (Fsp3) is 0.933. The Bertz CT molecular complexity index is 315. The van der Waals surface area contributed by atoms with Crippen molar-refractivity contribution >= 4 is 5.97 Å². The summed E-state index contributed by atoms with van der Waals surface area (Å²) in [6.45, 7) is 2.84. The number of hydrogen-bond donors (Lipinski definition) is 1. The molecule has 2 unspecified atom stereocenters. The van der Waals surface area contributed by atoms with Crippen LogP contribution in [0.5, 0.6) is 0 Å². The molecule has 5 nitrogen and oxygen atoms in total. The fourth-order valence-corrected chi connectivity index (χ4v) is 3.24. The molecule has 2 rings (SSSR count). The van der Waals surface area contributed by atoms with Gasteiger partial charge in [0.05, 0.1) is 25.2 Å². The van der Waals surface area contributed by atoms with Gasteiger partial charge in [0.1, 0.15) is 0 Å². The minimum Gasteiger partial charge on any atom is -0.466 e. The molecule has 0 aromatic rings. The highest BCUT2D eigenvalue weighted by molar-refractivity contribution is 5.69. The van der Waals surface area contributed by atoms with Gasteiger partial charge in [0, 0.05) is 19.3 Å². The number of nitrogens with two attached hydrogens (primary N) is 1. The average Bonchev–Trinajstić information content (AvgIpc) is 2.39. The molecule has 0 aromatic carbocycles. The van der Waals surface area contributed by atoms with E-state index >= 15 is 0 Å². The molecule has 0 bridgehead atoms. The van der Waals surface area contributed by atoms with Crippen LogP contribution >= 0.6 is 0 Å². The number of esters is 1. The second-order valence-electron chi connectivity index (χ2n) is 5.77. The molecule has 1 spiro atoms. The maximum absolute atomic E-state index is 11.7. The highest BCUT2D eigenvalue weighted by Crippen LogP contribution is 2.40. The minimum atomic E-state index is -0.479. The summed E-state index contributed by atoms with van der Waals surface area (Å²) in [7, 11) is 0. The predicted octanol–water partition coefficient (Wildman–Crippen LogP) is 2.12. The Kier molecular flexibility index (Phi) is 5.81. The van der Waals surface area contributed by atoms with E-state index in [0.717, 1.165) is 38.5 Å². The van der Waals surface area contributed by atoms with Crippen LogP contribution in [-0.4, -0.2) is 37.1 Å². The molecule has 0 aromatic heterocycles. The van der Waals surface area contributed by atoms with E-state index < -0.39 is 5.79 Å². The normalized spacial score (nSPS) is 29.3. The summed E-state index contributed by atoms with van der Waals surface area (Å²) in [4.78, 5) is 11.7. The predicted molar refractivity (Wildman–Crippen MR) is 75.1 cm³/mol. The van der Waals surface area contributed by atoms with E-state index in [0.29, 0.717) is 19.6 Å². The number of hydrogen-bond acceptors (Lipinski definition) is 5. The van der Waals surface area contributed by atoms with Crippen LogP contribution in [0.3, 0.4) is 0 Å². The maximum Gasteiger partial charge on any atom is 0.308 e. The van der Waals surface area contributed by atoms with Crippen LogP contribution in [0.2, 0.25) is 0 Å². The lowest BCUT2D eigenvalue weighted by atomic mass is 9.91. The Morgan fingerprint density at radius 1 is 1.25 bits per heavy atom. The van der Waals surface area contributed by atoms with Gasteiger partial charge in [-0.3, -0.25) is 4.79 Å². The topological polar surface area (TPSA) is 70.8 Å². The van der Waals surface area contributed by atoms with E-state index in [2.05, 4.69) is 0 Å². The first kappa shape index (κ1) is 15.7. The molecule has 1 saturated carbocycles. The minimum absolute atomic E-state index is 0.0996. The van der Waals surface area contributed by atoms with Crippen LogP contribution in [-0.2, 0) is 19.0 Å². The SMILES string of the molecule is CCOC(=O)CC1CC(CCN)OC2(CCCCC2)O1. The number of carbonyl (C=O) groups is 1. The second-order valence-corrected chi connectivity index (χ2v) is 5.77. The number of ether oxygens (including phenoxy) is 3. The van der Waals surface area contributed by atoms with Crippen molar-refractivity contribution in [1.29, 1.82) is 0 Å². The maximum atomic E-state index is 11.7. The van der Waals surface area contributed by atoms with Gasteiger partial charge < -0.3 is 19.9 Å². The first-order valence-corrected chi connectivity index (χ1v) is 7.89. The molecule has 1 saturated heterocycles. The lowest BCUT2D eigenvalue weighted by molar-refractivity contribution is -0.329. The van der Waals surface area contributed by atoms with Gasteiger partial charge in [0.2, 0.25) is 0 Å². The molecule has 1 aliphatic heterocycles. The highest BCUT2D eigenvalue weighted by atomic mass is 16.7. The van der Waals surface area contributed by atoms with Crippen molar-refractivity contribution in [3.05, 3.63) is 0 Å². The Balaban J connectivity index is 1.98. The summed E-state index contributed by atoms with van der Waals surface area (Å²) in [5.41, 5.74) is 5.66. The van der Waals surface area contributed by atoms with Crippen molar-refractivity contribution in [3.8, 4) is 0 Å². The van der Waals surface area contributed by atoms with Crippen LogP contribution in [0.15, 0.2) is 0 Å². The van der Waals surface area contributed by atoms with E-state index in [4.69, 9.17) is 19.9 Å². The van der Waals surface area contributed by atoms with Gasteiger partial charge in [-0.05, 0) is 32.7 Å². The molecule has 116 valence electrons. The Morgan fingerprint density at radius 3 is 2.60 bits per heavy atom. The smallest absolute Gasteiger partial charge is 0.308 e. The van der Waals surface area contributed by atoms with Crippen molar-refractivity contribution in [3.63, 3.8) is 0 Å². The largest absolute Gasteiger partial charge is 0.466 e. The first-order valence-electron chi connectivity index (χ1n) is 7.89. The molecule has 1 aliphatic carbocycles. The van der Waals surface area contributed by atoms with E-state index in [1.807, 2.05) is 6.92 Å². The second kappa shape index (κ2) is 7.38. The van der Waals surface area contributed by atoms with E-state index in [-0.39, 0.29) is 18.2 Å². The lowest BCUT2D eigenvalue weighted by Gasteiger charge is -2.46. The van der Waals surface area contributed by atoms with Gasteiger partial charge in [0.15, 0.2) is 5.79 Å². The number of rotatable bonds is 5. The van der Waals surface area contributed by atoms with Gasteiger partial charge in [-0.25, -0.2) is 0 Å². The van der Waals surface area contributed by atoms with Crippen molar-refractivity contribution in [2.45, 2.75) is 76.3 Å². The molecule has 20 heavy (non-hydrogen) atoms. The molecule has 0 amide bonds. The molecule has 0 radical (unpaired) electrons. The van der Waals surface area contributed by atoms with E-state index in [1.165, 1.54) is 6.42 Å². The third kappa shape index (κ3) is 4.17. The van der Waals surface area contributed by atoms with Crippen LogP contribution in [0.4, 0.5) is 0 Å². The van der Waals surface area contributed by atoms with Crippen molar-refractivity contribution in [1.82, 2.24) is 0 Å². The van der Waals surface area contributed by atoms with Gasteiger partial charge in [-0.2, -0.15) is 0 Å². The Hall–Kier alpha value is -0.650. The summed E-state index contributed by atoms with van der Waals surface area (Å²) in [6, 6.07) is 0. The Labute approximate surface area is 121 Å². The average molecular weight is 285 g/mol. The van der Waals surface area contributed by atoms with Crippen LogP contribution in [0.25, 0.3) is 0 Å². The summed E-state index contributed by atoms with van der Waals surface area (Å²) in [5, 5.41) is 0. The van der Waals surface area contributed by atoms with Crippen molar-refractivity contribution < 1.29 is 19.0 Å². The molecule has 2 fully saturated rings. The van der Waals surface area contributed by atoms with Crippen molar-refractivity contribution in [2.24, 2.45) is 5.73 Å². The van der Waals surface area contributed by atoms with E-state index in [1.54, 1.807) is 0 Å². The molecule has 1 heterocycles. The Morgan fingerprint density at radius 2 is 1.95 bits per heavy atom.